The summed E-state index contributed by atoms with van der Waals surface area (Å²) in [5.74, 6) is 0.218. The summed E-state index contributed by atoms with van der Waals surface area (Å²) in [7, 11) is -3.68. The summed E-state index contributed by atoms with van der Waals surface area (Å²) in [6.45, 7) is 5.71. The topological polar surface area (TPSA) is 84.5 Å². The lowest BCUT2D eigenvalue weighted by molar-refractivity contribution is -0.123. The van der Waals surface area contributed by atoms with Gasteiger partial charge in [0.1, 0.15) is 5.75 Å². The Hall–Kier alpha value is -2.54. The van der Waals surface area contributed by atoms with Crippen LogP contribution in [0.1, 0.15) is 25.8 Å². The van der Waals surface area contributed by atoms with Crippen LogP contribution < -0.4 is 14.8 Å². The van der Waals surface area contributed by atoms with Crippen molar-refractivity contribution in [2.24, 2.45) is 0 Å². The number of amides is 1. The highest BCUT2D eigenvalue weighted by Gasteiger charge is 2.14. The van der Waals surface area contributed by atoms with Crippen LogP contribution in [0.5, 0.6) is 5.75 Å². The van der Waals surface area contributed by atoms with Crippen LogP contribution in [-0.2, 0) is 14.8 Å². The summed E-state index contributed by atoms with van der Waals surface area (Å²) in [4.78, 5) is 11.8. The number of ether oxygens (including phenoxy) is 1. The second kappa shape index (κ2) is 8.71. The first-order valence-electron chi connectivity index (χ1n) is 8.42. The van der Waals surface area contributed by atoms with Crippen LogP contribution in [0.3, 0.4) is 0 Å². The maximum absolute atomic E-state index is 12.4. The molecule has 0 bridgehead atoms. The number of anilines is 1. The molecule has 2 aromatic rings. The highest BCUT2D eigenvalue weighted by molar-refractivity contribution is 7.92. The molecule has 2 rings (SSSR count). The summed E-state index contributed by atoms with van der Waals surface area (Å²) in [6.07, 6.45) is 0.840. The maximum Gasteiger partial charge on any atom is 0.261 e. The zero-order valence-electron chi connectivity index (χ0n) is 15.2. The van der Waals surface area contributed by atoms with Gasteiger partial charge in [-0.25, -0.2) is 8.42 Å². The van der Waals surface area contributed by atoms with Crippen LogP contribution in [-0.4, -0.2) is 27.0 Å². The first-order valence-corrected chi connectivity index (χ1v) is 9.90. The Labute approximate surface area is 154 Å². The van der Waals surface area contributed by atoms with Gasteiger partial charge in [-0.2, -0.15) is 0 Å². The molecule has 0 heterocycles. The molecule has 1 atom stereocenters. The van der Waals surface area contributed by atoms with Crippen molar-refractivity contribution in [3.63, 3.8) is 0 Å². The van der Waals surface area contributed by atoms with Crippen molar-refractivity contribution in [1.29, 1.82) is 0 Å². The lowest BCUT2D eigenvalue weighted by atomic mass is 10.2. The van der Waals surface area contributed by atoms with Gasteiger partial charge in [-0.05, 0) is 56.7 Å². The third-order valence-electron chi connectivity index (χ3n) is 3.83. The van der Waals surface area contributed by atoms with E-state index < -0.39 is 10.0 Å². The van der Waals surface area contributed by atoms with Crippen LogP contribution in [0.2, 0.25) is 0 Å². The molecule has 7 heteroatoms. The fraction of sp³-hybridized carbons (Fsp3) is 0.316. The van der Waals surface area contributed by atoms with Gasteiger partial charge in [0.25, 0.3) is 15.9 Å². The molecule has 0 spiro atoms. The van der Waals surface area contributed by atoms with E-state index >= 15 is 0 Å². The van der Waals surface area contributed by atoms with Crippen LogP contribution in [0.25, 0.3) is 0 Å². The molecular weight excluding hydrogens is 352 g/mol. The van der Waals surface area contributed by atoms with Crippen LogP contribution >= 0.6 is 0 Å². The van der Waals surface area contributed by atoms with E-state index in [0.717, 1.165) is 12.0 Å². The summed E-state index contributed by atoms with van der Waals surface area (Å²) in [5.41, 5.74) is 1.55. The van der Waals surface area contributed by atoms with E-state index in [1.165, 1.54) is 24.3 Å². The van der Waals surface area contributed by atoms with Crippen LogP contribution in [0, 0.1) is 6.92 Å². The molecule has 0 aromatic heterocycles. The van der Waals surface area contributed by atoms with Crippen molar-refractivity contribution in [3.05, 3.63) is 54.1 Å². The lowest BCUT2D eigenvalue weighted by Gasteiger charge is -2.12. The predicted octanol–water partition coefficient (Wildman–Crippen LogP) is 3.09. The largest absolute Gasteiger partial charge is 0.484 e. The zero-order valence-corrected chi connectivity index (χ0v) is 16.0. The molecule has 1 amide bonds. The number of carbonyl (C=O) groups excluding carboxylic acids is 1. The highest BCUT2D eigenvalue weighted by atomic mass is 32.2. The fourth-order valence-electron chi connectivity index (χ4n) is 2.12. The number of sulfonamides is 1. The minimum absolute atomic E-state index is 0.0893. The average Bonchev–Trinajstić information content (AvgIpc) is 2.62. The Kier molecular flexibility index (Phi) is 6.63. The molecule has 6 nitrogen and oxygen atoms in total. The van der Waals surface area contributed by atoms with Crippen molar-refractivity contribution in [2.75, 3.05) is 11.3 Å². The average molecular weight is 376 g/mol. The number of nitrogens with one attached hydrogen (secondary N) is 2. The van der Waals surface area contributed by atoms with Gasteiger partial charge in [0, 0.05) is 11.7 Å². The van der Waals surface area contributed by atoms with Gasteiger partial charge in [-0.1, -0.05) is 24.6 Å². The highest BCUT2D eigenvalue weighted by Crippen LogP contribution is 2.19. The molecule has 2 aromatic carbocycles. The first kappa shape index (κ1) is 19.8. The predicted molar refractivity (Wildman–Crippen MR) is 102 cm³/mol. The standard InChI is InChI=1S/C19H24N2O4S/c1-4-15(3)20-19(22)13-25-17-9-11-18(12-10-17)26(23,24)21-16-7-5-14(2)6-8-16/h5-12,15,21H,4,13H2,1-3H3,(H,20,22)/t15-/m0/s1. The Morgan fingerprint density at radius 3 is 2.27 bits per heavy atom. The Morgan fingerprint density at radius 2 is 1.69 bits per heavy atom. The second-order valence-corrected chi connectivity index (χ2v) is 7.79. The molecule has 0 aliphatic carbocycles. The van der Waals surface area contributed by atoms with Gasteiger partial charge < -0.3 is 10.1 Å². The van der Waals surface area contributed by atoms with Crippen LogP contribution in [0.4, 0.5) is 5.69 Å². The third-order valence-corrected chi connectivity index (χ3v) is 5.22. The van der Waals surface area contributed by atoms with E-state index in [1.54, 1.807) is 12.1 Å². The molecular formula is C19H24N2O4S. The van der Waals surface area contributed by atoms with Gasteiger partial charge in [0.15, 0.2) is 6.61 Å². The summed E-state index contributed by atoms with van der Waals surface area (Å²) < 4.78 is 32.7. The van der Waals surface area contributed by atoms with Crippen molar-refractivity contribution in [2.45, 2.75) is 38.1 Å². The summed E-state index contributed by atoms with van der Waals surface area (Å²) in [5, 5.41) is 2.80. The van der Waals surface area contributed by atoms with Gasteiger partial charge in [-0.3, -0.25) is 9.52 Å². The Balaban J connectivity index is 1.97. The second-order valence-electron chi connectivity index (χ2n) is 6.11. The molecule has 0 unspecified atom stereocenters. The molecule has 26 heavy (non-hydrogen) atoms. The molecule has 0 saturated heterocycles. The van der Waals surface area contributed by atoms with E-state index in [1.807, 2.05) is 32.9 Å². The summed E-state index contributed by atoms with van der Waals surface area (Å²) >= 11 is 0. The molecule has 0 saturated carbocycles. The first-order chi connectivity index (χ1) is 12.3. The molecule has 0 aliphatic heterocycles. The summed E-state index contributed by atoms with van der Waals surface area (Å²) in [6, 6.07) is 13.1. The van der Waals surface area contributed by atoms with Crippen molar-refractivity contribution >= 4 is 21.6 Å². The van der Waals surface area contributed by atoms with E-state index in [4.69, 9.17) is 4.74 Å². The van der Waals surface area contributed by atoms with Crippen molar-refractivity contribution < 1.29 is 17.9 Å². The van der Waals surface area contributed by atoms with E-state index in [9.17, 15) is 13.2 Å². The molecule has 2 N–H and O–H groups in total. The molecule has 0 aliphatic rings. The lowest BCUT2D eigenvalue weighted by Crippen LogP contribution is -2.35. The number of aryl methyl sites for hydroxylation is 1. The number of hydrogen-bond donors (Lipinski definition) is 2. The zero-order chi connectivity index (χ0) is 19.2. The van der Waals surface area contributed by atoms with Gasteiger partial charge in [0.05, 0.1) is 4.90 Å². The SMILES string of the molecule is CC[C@H](C)NC(=O)COc1ccc(S(=O)(=O)Nc2ccc(C)cc2)cc1. The van der Waals surface area contributed by atoms with Gasteiger partial charge >= 0.3 is 0 Å². The minimum atomic E-state index is -3.68. The van der Waals surface area contributed by atoms with Gasteiger partial charge in [-0.15, -0.1) is 0 Å². The smallest absolute Gasteiger partial charge is 0.261 e. The van der Waals surface area contributed by atoms with E-state index in [2.05, 4.69) is 10.0 Å². The van der Waals surface area contributed by atoms with E-state index in [-0.39, 0.29) is 23.5 Å². The molecule has 140 valence electrons. The monoisotopic (exact) mass is 376 g/mol. The van der Waals surface area contributed by atoms with Gasteiger partial charge in [0.2, 0.25) is 0 Å². The van der Waals surface area contributed by atoms with Crippen LogP contribution in [0.15, 0.2) is 53.4 Å². The Morgan fingerprint density at radius 1 is 1.08 bits per heavy atom. The quantitative estimate of drug-likeness (QED) is 0.741. The fourth-order valence-corrected chi connectivity index (χ4v) is 3.18. The number of benzene rings is 2. The Bertz CT molecular complexity index is 831. The molecule has 0 radical (unpaired) electrons. The number of rotatable bonds is 8. The number of carbonyl (C=O) groups is 1. The van der Waals surface area contributed by atoms with E-state index in [0.29, 0.717) is 11.4 Å². The number of hydrogen-bond acceptors (Lipinski definition) is 4. The molecule has 0 fully saturated rings. The van der Waals surface area contributed by atoms with Crippen molar-refractivity contribution in [3.8, 4) is 5.75 Å². The normalized spacial score (nSPS) is 12.3. The third kappa shape index (κ3) is 5.77. The maximum atomic E-state index is 12.4. The minimum Gasteiger partial charge on any atom is -0.484 e. The van der Waals surface area contributed by atoms with Crippen molar-refractivity contribution in [1.82, 2.24) is 5.32 Å².